The lowest BCUT2D eigenvalue weighted by atomic mass is 9.55. The summed E-state index contributed by atoms with van der Waals surface area (Å²) in [5.41, 5.74) is 3.48. The lowest BCUT2D eigenvalue weighted by Crippen LogP contribution is -2.69. The number of fused-ring (bicyclic) bond motifs is 3. The molecule has 0 bridgehead atoms. The first-order chi connectivity index (χ1) is 28.8. The molecule has 59 heavy (non-hydrogen) atoms. The van der Waals surface area contributed by atoms with Crippen LogP contribution in [0.2, 0.25) is 0 Å². The Bertz CT molecular complexity index is 2220. The number of allylic oxidation sites excluding steroid dienone is 1. The van der Waals surface area contributed by atoms with Crippen LogP contribution in [0.1, 0.15) is 77.1 Å². The highest BCUT2D eigenvalue weighted by Crippen LogP contribution is 2.62. The monoisotopic (exact) mass is 802 g/mol. The molecule has 0 unspecified atom stereocenters. The van der Waals surface area contributed by atoms with Crippen molar-refractivity contribution in [1.29, 1.82) is 0 Å². The molecule has 1 saturated carbocycles. The second-order valence-electron chi connectivity index (χ2n) is 15.6. The van der Waals surface area contributed by atoms with E-state index in [1.165, 1.54) is 14.2 Å². The second kappa shape index (κ2) is 18.6. The van der Waals surface area contributed by atoms with E-state index in [2.05, 4.69) is 17.8 Å². The van der Waals surface area contributed by atoms with Gasteiger partial charge in [0.2, 0.25) is 5.79 Å². The van der Waals surface area contributed by atoms with Crippen molar-refractivity contribution in [3.05, 3.63) is 120 Å². The van der Waals surface area contributed by atoms with Crippen LogP contribution in [0.3, 0.4) is 0 Å². The van der Waals surface area contributed by atoms with Gasteiger partial charge in [-0.15, -0.1) is 6.58 Å². The highest BCUT2D eigenvalue weighted by atomic mass is 16.7. The van der Waals surface area contributed by atoms with E-state index in [0.717, 1.165) is 53.9 Å². The van der Waals surface area contributed by atoms with Crippen LogP contribution in [0.4, 0.5) is 0 Å². The minimum absolute atomic E-state index is 0.0466. The quantitative estimate of drug-likeness (QED) is 0.0440. The molecule has 7 rings (SSSR count). The van der Waals surface area contributed by atoms with Gasteiger partial charge < -0.3 is 38.9 Å². The SMILES string of the molecule is C=CCO[C@@]12Oc3ccc(Oc4ccc(OC)c(C=O)c4)cc3[C@H]3[C@H](CCCCO)[C@@H](CCCCO)C=C(C(=NOC)C[C@@H]1N(C)C(=O)c1ccc4ccccc4c1)[C@H]32. The number of hydrogen-bond acceptors (Lipinski definition) is 10. The molecule has 1 heterocycles. The maximum atomic E-state index is 14.7. The second-order valence-corrected chi connectivity index (χ2v) is 15.6. The Morgan fingerprint density at radius 2 is 1.69 bits per heavy atom. The fraction of sp³-hybridized carbons (Fsp3) is 0.396. The number of methoxy groups -OCH3 is 1. The fourth-order valence-electron chi connectivity index (χ4n) is 9.57. The van der Waals surface area contributed by atoms with Gasteiger partial charge in [-0.2, -0.15) is 0 Å². The number of carbonyl (C=O) groups excluding carboxylic acids is 2. The number of benzene rings is 4. The molecule has 4 aromatic carbocycles. The van der Waals surface area contributed by atoms with Gasteiger partial charge in [-0.05, 0) is 102 Å². The van der Waals surface area contributed by atoms with Gasteiger partial charge in [0, 0.05) is 43.7 Å². The van der Waals surface area contributed by atoms with Crippen LogP contribution < -0.4 is 14.2 Å². The van der Waals surface area contributed by atoms with Crippen molar-refractivity contribution in [3.8, 4) is 23.0 Å². The van der Waals surface area contributed by atoms with E-state index in [1.54, 1.807) is 36.2 Å². The number of aldehydes is 1. The zero-order valence-electron chi connectivity index (χ0n) is 34.0. The van der Waals surface area contributed by atoms with E-state index in [1.807, 2.05) is 60.7 Å². The van der Waals surface area contributed by atoms with Gasteiger partial charge in [-0.1, -0.05) is 60.5 Å². The van der Waals surface area contributed by atoms with Gasteiger partial charge in [0.15, 0.2) is 6.29 Å². The number of aliphatic hydroxyl groups is 2. The predicted octanol–water partition coefficient (Wildman–Crippen LogP) is 8.49. The summed E-state index contributed by atoms with van der Waals surface area (Å²) in [6.45, 7) is 4.35. The Labute approximate surface area is 345 Å². The van der Waals surface area contributed by atoms with Gasteiger partial charge in [-0.25, -0.2) is 0 Å². The van der Waals surface area contributed by atoms with Crippen LogP contribution in [-0.2, 0) is 9.57 Å². The first-order valence-electron chi connectivity index (χ1n) is 20.5. The highest BCUT2D eigenvalue weighted by Gasteiger charge is 2.65. The van der Waals surface area contributed by atoms with Crippen molar-refractivity contribution in [2.75, 3.05) is 41.1 Å². The number of likely N-dealkylation sites (N-methyl/N-ethyl adjacent to an activating group) is 1. The highest BCUT2D eigenvalue weighted by molar-refractivity contribution is 6.04. The van der Waals surface area contributed by atoms with Crippen LogP contribution in [0.5, 0.6) is 23.0 Å². The first-order valence-corrected chi connectivity index (χ1v) is 20.5. The molecule has 3 aliphatic rings. The van der Waals surface area contributed by atoms with E-state index >= 15 is 0 Å². The minimum Gasteiger partial charge on any atom is -0.496 e. The molecular formula is C48H54N2O9. The van der Waals surface area contributed by atoms with Crippen LogP contribution >= 0.6 is 0 Å². The summed E-state index contributed by atoms with van der Waals surface area (Å²) >= 11 is 0. The number of rotatable bonds is 18. The van der Waals surface area contributed by atoms with Gasteiger partial charge in [-0.3, -0.25) is 9.59 Å². The third-order valence-electron chi connectivity index (χ3n) is 12.2. The Kier molecular flexibility index (Phi) is 13.1. The minimum atomic E-state index is -1.38. The number of unbranched alkanes of at least 4 members (excludes halogenated alkanes) is 2. The molecule has 1 aliphatic heterocycles. The number of oxime groups is 1. The third kappa shape index (κ3) is 8.24. The number of ether oxygens (including phenoxy) is 4. The molecule has 2 aliphatic carbocycles. The molecule has 11 heteroatoms. The van der Waals surface area contributed by atoms with E-state index in [0.29, 0.717) is 59.1 Å². The summed E-state index contributed by atoms with van der Waals surface area (Å²) in [7, 11) is 4.85. The number of nitrogens with zero attached hydrogens (tertiary/aromatic N) is 2. The van der Waals surface area contributed by atoms with Gasteiger partial charge in [0.05, 0.1) is 30.9 Å². The zero-order chi connectivity index (χ0) is 41.5. The van der Waals surface area contributed by atoms with Crippen molar-refractivity contribution in [1.82, 2.24) is 4.90 Å². The molecule has 0 radical (unpaired) electrons. The number of aliphatic hydroxyl groups excluding tert-OH is 2. The largest absolute Gasteiger partial charge is 0.496 e. The van der Waals surface area contributed by atoms with E-state index in [-0.39, 0.29) is 43.5 Å². The summed E-state index contributed by atoms with van der Waals surface area (Å²) in [5.74, 6) is -0.0372. The maximum Gasteiger partial charge on any atom is 0.254 e. The Balaban J connectivity index is 1.40. The molecule has 0 saturated heterocycles. The average molecular weight is 803 g/mol. The number of carbonyl (C=O) groups is 2. The number of hydrogen-bond donors (Lipinski definition) is 2. The van der Waals surface area contributed by atoms with Gasteiger partial charge in [0.1, 0.15) is 36.1 Å². The van der Waals surface area contributed by atoms with Crippen LogP contribution in [0.25, 0.3) is 10.8 Å². The van der Waals surface area contributed by atoms with Crippen molar-refractivity contribution >= 4 is 28.7 Å². The summed E-state index contributed by atoms with van der Waals surface area (Å²) in [6.07, 6.45) is 9.60. The predicted molar refractivity (Wildman–Crippen MR) is 226 cm³/mol. The van der Waals surface area contributed by atoms with Gasteiger partial charge >= 0.3 is 0 Å². The zero-order valence-corrected chi connectivity index (χ0v) is 34.0. The molecule has 11 nitrogen and oxygen atoms in total. The summed E-state index contributed by atoms with van der Waals surface area (Å²) in [6, 6.07) is 23.9. The Hall–Kier alpha value is -5.49. The smallest absolute Gasteiger partial charge is 0.254 e. The van der Waals surface area contributed by atoms with E-state index in [4.69, 9.17) is 23.8 Å². The maximum absolute atomic E-state index is 14.7. The van der Waals surface area contributed by atoms with Crippen molar-refractivity contribution < 1.29 is 43.6 Å². The van der Waals surface area contributed by atoms with E-state index in [9.17, 15) is 19.8 Å². The summed E-state index contributed by atoms with van der Waals surface area (Å²) < 4.78 is 26.0. The molecular weight excluding hydrogens is 749 g/mol. The van der Waals surface area contributed by atoms with E-state index < -0.39 is 17.7 Å². The van der Waals surface area contributed by atoms with Gasteiger partial charge in [0.25, 0.3) is 5.91 Å². The molecule has 1 fully saturated rings. The van der Waals surface area contributed by atoms with Crippen LogP contribution in [0, 0.1) is 17.8 Å². The molecule has 2 N–H and O–H groups in total. The average Bonchev–Trinajstić information content (AvgIpc) is 3.26. The van der Waals surface area contributed by atoms with Crippen molar-refractivity contribution in [2.24, 2.45) is 22.9 Å². The van der Waals surface area contributed by atoms with Crippen molar-refractivity contribution in [3.63, 3.8) is 0 Å². The molecule has 6 atom stereocenters. The summed E-state index contributed by atoms with van der Waals surface area (Å²) in [5, 5.41) is 26.4. The molecule has 4 aromatic rings. The third-order valence-corrected chi connectivity index (χ3v) is 12.2. The van der Waals surface area contributed by atoms with Crippen molar-refractivity contribution in [2.45, 2.75) is 62.7 Å². The van der Waals surface area contributed by atoms with Crippen LogP contribution in [0.15, 0.2) is 108 Å². The number of amides is 1. The topological polar surface area (TPSA) is 136 Å². The molecule has 1 amide bonds. The molecule has 0 spiro atoms. The summed E-state index contributed by atoms with van der Waals surface area (Å²) in [4.78, 5) is 33.9. The first kappa shape index (κ1) is 41.7. The lowest BCUT2D eigenvalue weighted by Gasteiger charge is -2.59. The molecule has 310 valence electrons. The lowest BCUT2D eigenvalue weighted by molar-refractivity contribution is -0.252. The normalized spacial score (nSPS) is 23.6. The molecule has 0 aromatic heterocycles. The Morgan fingerprint density at radius 1 is 0.949 bits per heavy atom. The van der Waals surface area contributed by atoms with Crippen LogP contribution in [-0.4, -0.2) is 85.9 Å². The Morgan fingerprint density at radius 3 is 2.42 bits per heavy atom. The standard InChI is InChI=1S/C48H54N2O9/c1-5-24-57-48-44(50(2)47(54)34-17-16-31-12-6-7-13-32(31)25-34)29-41(49-56-4)39-27-33(14-8-10-22-51)38(15-9-11-23-52)45(46(39)48)40-28-37(19-21-43(40)59-48)58-36-18-20-42(55-3)35(26-36)30-53/h5-7,12-13,16-21,25-28,30,33,38,44-46,51-52H,1,8-11,14-15,22-24,29H2,2-4H3/t33-,38+,44-,45+,46+,48+/m0/s1. The fourth-order valence-corrected chi connectivity index (χ4v) is 9.57.